The summed E-state index contributed by atoms with van der Waals surface area (Å²) in [5.41, 5.74) is 0.837. The Morgan fingerprint density at radius 3 is 2.53 bits per heavy atom. The highest BCUT2D eigenvalue weighted by atomic mass is 35.5. The summed E-state index contributed by atoms with van der Waals surface area (Å²) in [4.78, 5) is 4.22. The molecule has 0 fully saturated rings. The standard InChI is InChI=1S/C13H13ClN2O2S/c14-12-6-1-2-7-13(12)19(17,18)16-10-8-11-5-3-4-9-15-11/h1-7,9,16H,8,10H2. The number of sulfonamides is 1. The number of pyridine rings is 1. The number of hydrogen-bond acceptors (Lipinski definition) is 3. The quantitative estimate of drug-likeness (QED) is 0.920. The Kier molecular flexibility index (Phi) is 4.52. The lowest BCUT2D eigenvalue weighted by atomic mass is 10.3. The molecule has 0 unspecified atom stereocenters. The van der Waals surface area contributed by atoms with Gasteiger partial charge in [-0.25, -0.2) is 13.1 Å². The van der Waals surface area contributed by atoms with E-state index in [9.17, 15) is 8.42 Å². The van der Waals surface area contributed by atoms with Crippen molar-refractivity contribution < 1.29 is 8.42 Å². The van der Waals surface area contributed by atoms with E-state index in [1.54, 1.807) is 24.4 Å². The molecule has 0 aliphatic heterocycles. The maximum atomic E-state index is 12.0. The summed E-state index contributed by atoms with van der Waals surface area (Å²) < 4.78 is 26.6. The van der Waals surface area contributed by atoms with E-state index < -0.39 is 10.0 Å². The molecule has 0 amide bonds. The summed E-state index contributed by atoms with van der Waals surface area (Å²) in [6.07, 6.45) is 2.21. The molecule has 0 atom stereocenters. The monoisotopic (exact) mass is 296 g/mol. The van der Waals surface area contributed by atoms with Crippen LogP contribution in [0.3, 0.4) is 0 Å². The molecule has 19 heavy (non-hydrogen) atoms. The van der Waals surface area contributed by atoms with Gasteiger partial charge in [-0.3, -0.25) is 4.98 Å². The summed E-state index contributed by atoms with van der Waals surface area (Å²) in [7, 11) is -3.57. The minimum absolute atomic E-state index is 0.0951. The number of benzene rings is 1. The van der Waals surface area contributed by atoms with Crippen molar-refractivity contribution >= 4 is 21.6 Å². The summed E-state index contributed by atoms with van der Waals surface area (Å²) in [5, 5.41) is 0.216. The van der Waals surface area contributed by atoms with E-state index in [-0.39, 0.29) is 16.5 Å². The Hall–Kier alpha value is -1.43. The number of rotatable bonds is 5. The minimum atomic E-state index is -3.57. The van der Waals surface area contributed by atoms with E-state index in [4.69, 9.17) is 11.6 Å². The van der Waals surface area contributed by atoms with Crippen molar-refractivity contribution in [3.63, 3.8) is 0 Å². The molecule has 1 aromatic carbocycles. The van der Waals surface area contributed by atoms with Crippen LogP contribution >= 0.6 is 11.6 Å². The SMILES string of the molecule is O=S(=O)(NCCc1ccccn1)c1ccccc1Cl. The molecule has 6 heteroatoms. The average Bonchev–Trinajstić information content (AvgIpc) is 2.40. The third kappa shape index (κ3) is 3.76. The second kappa shape index (κ2) is 6.14. The Morgan fingerprint density at radius 1 is 1.11 bits per heavy atom. The van der Waals surface area contributed by atoms with Gasteiger partial charge in [0.1, 0.15) is 4.90 Å². The summed E-state index contributed by atoms with van der Waals surface area (Å²) in [6.45, 7) is 0.282. The van der Waals surface area contributed by atoms with Crippen molar-refractivity contribution in [1.82, 2.24) is 9.71 Å². The maximum absolute atomic E-state index is 12.0. The number of nitrogens with zero attached hydrogens (tertiary/aromatic N) is 1. The van der Waals surface area contributed by atoms with Gasteiger partial charge in [0, 0.05) is 24.9 Å². The average molecular weight is 297 g/mol. The molecule has 2 rings (SSSR count). The first-order chi connectivity index (χ1) is 9.09. The van der Waals surface area contributed by atoms with Crippen LogP contribution in [0, 0.1) is 0 Å². The lowest BCUT2D eigenvalue weighted by Crippen LogP contribution is -2.26. The molecule has 0 saturated carbocycles. The fraction of sp³-hybridized carbons (Fsp3) is 0.154. The molecular formula is C13H13ClN2O2S. The first-order valence-corrected chi connectivity index (χ1v) is 7.60. The maximum Gasteiger partial charge on any atom is 0.242 e. The van der Waals surface area contributed by atoms with Gasteiger partial charge in [0.15, 0.2) is 0 Å². The van der Waals surface area contributed by atoms with E-state index in [2.05, 4.69) is 9.71 Å². The molecule has 0 aliphatic rings. The molecule has 0 saturated heterocycles. The van der Waals surface area contributed by atoms with Crippen LogP contribution in [0.25, 0.3) is 0 Å². The highest BCUT2D eigenvalue weighted by Gasteiger charge is 2.16. The van der Waals surface area contributed by atoms with Gasteiger partial charge < -0.3 is 0 Å². The predicted molar refractivity (Wildman–Crippen MR) is 74.6 cm³/mol. The molecule has 1 aromatic heterocycles. The number of halogens is 1. The summed E-state index contributed by atoms with van der Waals surface area (Å²) in [6, 6.07) is 11.9. The van der Waals surface area contributed by atoms with Gasteiger partial charge >= 0.3 is 0 Å². The van der Waals surface area contributed by atoms with Crippen LogP contribution in [0.2, 0.25) is 5.02 Å². The highest BCUT2D eigenvalue weighted by Crippen LogP contribution is 2.19. The molecule has 0 bridgehead atoms. The Balaban J connectivity index is 2.01. The van der Waals surface area contributed by atoms with Gasteiger partial charge in [-0.2, -0.15) is 0 Å². The largest absolute Gasteiger partial charge is 0.261 e. The number of aromatic nitrogens is 1. The predicted octanol–water partition coefficient (Wildman–Crippen LogP) is 2.26. The van der Waals surface area contributed by atoms with Crippen molar-refractivity contribution in [2.45, 2.75) is 11.3 Å². The third-order valence-electron chi connectivity index (χ3n) is 2.53. The Morgan fingerprint density at radius 2 is 1.84 bits per heavy atom. The summed E-state index contributed by atoms with van der Waals surface area (Å²) >= 11 is 5.87. The Labute approximate surface area is 117 Å². The van der Waals surface area contributed by atoms with E-state index in [0.29, 0.717) is 6.42 Å². The molecule has 100 valence electrons. The van der Waals surface area contributed by atoms with E-state index >= 15 is 0 Å². The van der Waals surface area contributed by atoms with Crippen LogP contribution in [-0.4, -0.2) is 19.9 Å². The van der Waals surface area contributed by atoms with Gasteiger partial charge in [-0.05, 0) is 24.3 Å². The van der Waals surface area contributed by atoms with Gasteiger partial charge in [0.25, 0.3) is 0 Å². The lowest BCUT2D eigenvalue weighted by molar-refractivity contribution is 0.581. The van der Waals surface area contributed by atoms with Crippen LogP contribution in [0.1, 0.15) is 5.69 Å². The van der Waals surface area contributed by atoms with Crippen molar-refractivity contribution in [3.05, 3.63) is 59.4 Å². The molecule has 0 spiro atoms. The van der Waals surface area contributed by atoms with Gasteiger partial charge in [0.2, 0.25) is 10.0 Å². The van der Waals surface area contributed by atoms with E-state index in [1.165, 1.54) is 6.07 Å². The zero-order valence-electron chi connectivity index (χ0n) is 10.1. The van der Waals surface area contributed by atoms with E-state index in [1.807, 2.05) is 18.2 Å². The minimum Gasteiger partial charge on any atom is -0.261 e. The lowest BCUT2D eigenvalue weighted by Gasteiger charge is -2.07. The number of hydrogen-bond donors (Lipinski definition) is 1. The second-order valence-corrected chi connectivity index (χ2v) is 6.04. The molecule has 4 nitrogen and oxygen atoms in total. The smallest absolute Gasteiger partial charge is 0.242 e. The van der Waals surface area contributed by atoms with Crippen LogP contribution in [0.4, 0.5) is 0 Å². The summed E-state index contributed by atoms with van der Waals surface area (Å²) in [5.74, 6) is 0. The van der Waals surface area contributed by atoms with Gasteiger partial charge in [-0.1, -0.05) is 29.8 Å². The van der Waals surface area contributed by atoms with Crippen LogP contribution in [-0.2, 0) is 16.4 Å². The highest BCUT2D eigenvalue weighted by molar-refractivity contribution is 7.89. The molecule has 1 heterocycles. The Bertz CT molecular complexity index is 645. The van der Waals surface area contributed by atoms with Crippen LogP contribution in [0.5, 0.6) is 0 Å². The van der Waals surface area contributed by atoms with Crippen molar-refractivity contribution in [3.8, 4) is 0 Å². The topological polar surface area (TPSA) is 59.1 Å². The fourth-order valence-electron chi connectivity index (χ4n) is 1.60. The molecule has 1 N–H and O–H groups in total. The van der Waals surface area contributed by atoms with Crippen LogP contribution < -0.4 is 4.72 Å². The van der Waals surface area contributed by atoms with Crippen molar-refractivity contribution in [1.29, 1.82) is 0 Å². The molecule has 2 aromatic rings. The third-order valence-corrected chi connectivity index (χ3v) is 4.49. The fourth-order valence-corrected chi connectivity index (χ4v) is 3.15. The normalized spacial score (nSPS) is 11.4. The molecular weight excluding hydrogens is 284 g/mol. The van der Waals surface area contributed by atoms with Crippen LogP contribution in [0.15, 0.2) is 53.6 Å². The molecule has 0 radical (unpaired) electrons. The van der Waals surface area contributed by atoms with Gasteiger partial charge in [0.05, 0.1) is 5.02 Å². The zero-order chi connectivity index (χ0) is 13.7. The first kappa shape index (κ1) is 14.0. The first-order valence-electron chi connectivity index (χ1n) is 5.74. The van der Waals surface area contributed by atoms with Gasteiger partial charge in [-0.15, -0.1) is 0 Å². The second-order valence-electron chi connectivity index (χ2n) is 3.90. The zero-order valence-corrected chi connectivity index (χ0v) is 11.7. The van der Waals surface area contributed by atoms with Crippen molar-refractivity contribution in [2.75, 3.05) is 6.54 Å². The van der Waals surface area contributed by atoms with Crippen molar-refractivity contribution in [2.24, 2.45) is 0 Å². The van der Waals surface area contributed by atoms with E-state index in [0.717, 1.165) is 5.69 Å². The number of nitrogens with one attached hydrogen (secondary N) is 1. The molecule has 0 aliphatic carbocycles.